The molecule has 29 heavy (non-hydrogen) atoms. The molecule has 7 nitrogen and oxygen atoms in total. The Labute approximate surface area is 173 Å². The van der Waals surface area contributed by atoms with Gasteiger partial charge in [0.05, 0.1) is 26.0 Å². The maximum atomic E-state index is 12.2. The van der Waals surface area contributed by atoms with Gasteiger partial charge in [0.15, 0.2) is 5.17 Å². The highest BCUT2D eigenvalue weighted by Gasteiger charge is 2.18. The number of rotatable bonds is 7. The van der Waals surface area contributed by atoms with E-state index in [9.17, 15) is 9.90 Å². The third-order valence-corrected chi connectivity index (χ3v) is 5.28. The number of ether oxygens (including phenoxy) is 2. The van der Waals surface area contributed by atoms with Gasteiger partial charge < -0.3 is 19.9 Å². The first-order valence-corrected chi connectivity index (χ1v) is 10.1. The van der Waals surface area contributed by atoms with Crippen molar-refractivity contribution in [3.8, 4) is 11.5 Å². The number of amides is 1. The van der Waals surface area contributed by atoms with Crippen molar-refractivity contribution >= 4 is 28.5 Å². The van der Waals surface area contributed by atoms with E-state index in [2.05, 4.69) is 15.5 Å². The molecule has 0 aromatic heterocycles. The third-order valence-electron chi connectivity index (χ3n) is 4.40. The number of hydrogen-bond acceptors (Lipinski definition) is 7. The monoisotopic (exact) mass is 413 g/mol. The highest BCUT2D eigenvalue weighted by Crippen LogP contribution is 2.31. The average Bonchev–Trinajstić information content (AvgIpc) is 2.78. The predicted octanol–water partition coefficient (Wildman–Crippen LogP) is 3.14. The fourth-order valence-electron chi connectivity index (χ4n) is 2.83. The lowest BCUT2D eigenvalue weighted by molar-refractivity contribution is -0.120. The van der Waals surface area contributed by atoms with Crippen LogP contribution >= 0.6 is 11.8 Å². The molecule has 0 bridgehead atoms. The van der Waals surface area contributed by atoms with E-state index in [1.807, 2.05) is 30.3 Å². The fraction of sp³-hybridized carbons (Fsp3) is 0.286. The Hall–Kier alpha value is -2.84. The molecule has 0 saturated heterocycles. The van der Waals surface area contributed by atoms with Crippen molar-refractivity contribution in [1.29, 1.82) is 0 Å². The Bertz CT molecular complexity index is 915. The molecule has 2 aromatic rings. The molecule has 152 valence electrons. The average molecular weight is 413 g/mol. The summed E-state index contributed by atoms with van der Waals surface area (Å²) in [5.74, 6) is 1.57. The van der Waals surface area contributed by atoms with Crippen LogP contribution in [0.25, 0.3) is 0 Å². The van der Waals surface area contributed by atoms with Gasteiger partial charge in [-0.05, 0) is 24.1 Å². The number of aliphatic hydroxyl groups excluding tert-OH is 1. The summed E-state index contributed by atoms with van der Waals surface area (Å²) in [5, 5.41) is 22.0. The van der Waals surface area contributed by atoms with Gasteiger partial charge in [-0.3, -0.25) is 4.79 Å². The highest BCUT2D eigenvalue weighted by atomic mass is 32.2. The van der Waals surface area contributed by atoms with Crippen LogP contribution in [0.4, 0.5) is 0 Å². The summed E-state index contributed by atoms with van der Waals surface area (Å²) in [5.41, 5.74) is 2.50. The second-order valence-corrected chi connectivity index (χ2v) is 7.28. The molecule has 0 aliphatic carbocycles. The second kappa shape index (κ2) is 10.1. The van der Waals surface area contributed by atoms with Crippen LogP contribution in [0.5, 0.6) is 11.5 Å². The van der Waals surface area contributed by atoms with Gasteiger partial charge in [0.25, 0.3) is 0 Å². The van der Waals surface area contributed by atoms with Crippen LogP contribution in [0.3, 0.4) is 0 Å². The number of aliphatic hydroxyl groups is 1. The quantitative estimate of drug-likeness (QED) is 0.728. The Morgan fingerprint density at radius 1 is 1.17 bits per heavy atom. The summed E-state index contributed by atoms with van der Waals surface area (Å²) >= 11 is 1.43. The van der Waals surface area contributed by atoms with Gasteiger partial charge in [-0.25, -0.2) is 0 Å². The number of thioether (sulfide) groups is 1. The smallest absolute Gasteiger partial charge is 0.226 e. The Balaban J connectivity index is 1.54. The molecule has 1 aliphatic heterocycles. The summed E-state index contributed by atoms with van der Waals surface area (Å²) in [6.07, 6.45) is -0.429. The fourth-order valence-corrected chi connectivity index (χ4v) is 3.61. The summed E-state index contributed by atoms with van der Waals surface area (Å²) in [7, 11) is 3.09. The molecule has 0 saturated carbocycles. The largest absolute Gasteiger partial charge is 0.497 e. The van der Waals surface area contributed by atoms with E-state index in [0.717, 1.165) is 11.3 Å². The number of nitrogens with zero attached hydrogens (tertiary/aromatic N) is 2. The summed E-state index contributed by atoms with van der Waals surface area (Å²) in [6.45, 7) is 0. The number of carbonyl (C=O) groups excluding carboxylic acids is 1. The molecule has 3 rings (SSSR count). The Morgan fingerprint density at radius 3 is 2.62 bits per heavy atom. The van der Waals surface area contributed by atoms with E-state index in [0.29, 0.717) is 28.0 Å². The van der Waals surface area contributed by atoms with Gasteiger partial charge in [0.2, 0.25) is 5.91 Å². The van der Waals surface area contributed by atoms with Crippen molar-refractivity contribution in [3.63, 3.8) is 0 Å². The first-order chi connectivity index (χ1) is 14.1. The van der Waals surface area contributed by atoms with Crippen molar-refractivity contribution in [2.75, 3.05) is 20.0 Å². The van der Waals surface area contributed by atoms with Crippen molar-refractivity contribution in [1.82, 2.24) is 5.32 Å². The maximum absolute atomic E-state index is 12.2. The van der Waals surface area contributed by atoms with Crippen molar-refractivity contribution in [2.24, 2.45) is 10.2 Å². The molecular weight excluding hydrogens is 390 g/mol. The molecule has 8 heteroatoms. The van der Waals surface area contributed by atoms with Crippen molar-refractivity contribution < 1.29 is 19.4 Å². The van der Waals surface area contributed by atoms with E-state index in [1.54, 1.807) is 25.3 Å². The van der Waals surface area contributed by atoms with Crippen molar-refractivity contribution in [3.05, 3.63) is 59.7 Å². The summed E-state index contributed by atoms with van der Waals surface area (Å²) in [4.78, 5) is 12.2. The van der Waals surface area contributed by atoms with Gasteiger partial charge in [0, 0.05) is 23.8 Å². The molecule has 1 heterocycles. The van der Waals surface area contributed by atoms with Gasteiger partial charge in [0.1, 0.15) is 11.5 Å². The minimum absolute atomic E-state index is 0.144. The van der Waals surface area contributed by atoms with Crippen LogP contribution < -0.4 is 14.8 Å². The SMILES string of the molecule is COc1ccc(C(O)CCC(=O)NC2=NN=C(c3ccccc3)CS2)c(OC)c1. The number of carbonyl (C=O) groups is 1. The molecule has 0 spiro atoms. The molecule has 0 radical (unpaired) electrons. The zero-order valence-electron chi connectivity index (χ0n) is 16.3. The number of benzene rings is 2. The lowest BCUT2D eigenvalue weighted by atomic mass is 10.0. The molecule has 0 fully saturated rings. The topological polar surface area (TPSA) is 92.5 Å². The van der Waals surface area contributed by atoms with Crippen molar-refractivity contribution in [2.45, 2.75) is 18.9 Å². The Kier molecular flexibility index (Phi) is 7.26. The Morgan fingerprint density at radius 2 is 1.97 bits per heavy atom. The minimum Gasteiger partial charge on any atom is -0.497 e. The zero-order chi connectivity index (χ0) is 20.6. The number of hydrogen-bond donors (Lipinski definition) is 2. The summed E-state index contributed by atoms with van der Waals surface area (Å²) < 4.78 is 10.5. The van der Waals surface area contributed by atoms with Crippen LogP contribution in [-0.2, 0) is 4.79 Å². The second-order valence-electron chi connectivity index (χ2n) is 6.32. The first-order valence-electron chi connectivity index (χ1n) is 9.13. The number of nitrogens with one attached hydrogen (secondary N) is 1. The van der Waals surface area contributed by atoms with Crippen LogP contribution in [0, 0.1) is 0 Å². The summed E-state index contributed by atoms with van der Waals surface area (Å²) in [6, 6.07) is 15.0. The molecule has 1 amide bonds. The molecule has 2 N–H and O–H groups in total. The molecule has 1 atom stereocenters. The van der Waals surface area contributed by atoms with Gasteiger partial charge in [-0.1, -0.05) is 42.1 Å². The maximum Gasteiger partial charge on any atom is 0.226 e. The molecule has 1 aliphatic rings. The third kappa shape index (κ3) is 5.58. The lowest BCUT2D eigenvalue weighted by Crippen LogP contribution is -2.30. The standard InChI is InChI=1S/C21H23N3O4S/c1-27-15-8-9-16(19(12-15)28-2)18(25)10-11-20(26)22-21-24-23-17(13-29-21)14-6-4-3-5-7-14/h3-9,12,18,25H,10-11,13H2,1-2H3,(H,22,24,26). The van der Waals surface area contributed by atoms with Gasteiger partial charge in [-0.2, -0.15) is 5.10 Å². The van der Waals surface area contributed by atoms with Gasteiger partial charge in [-0.15, -0.1) is 5.10 Å². The number of methoxy groups -OCH3 is 2. The first kappa shape index (κ1) is 20.9. The predicted molar refractivity (Wildman–Crippen MR) is 115 cm³/mol. The zero-order valence-corrected chi connectivity index (χ0v) is 17.1. The normalized spacial score (nSPS) is 14.4. The lowest BCUT2D eigenvalue weighted by Gasteiger charge is -2.16. The van der Waals surface area contributed by atoms with Gasteiger partial charge >= 0.3 is 0 Å². The van der Waals surface area contributed by atoms with E-state index >= 15 is 0 Å². The minimum atomic E-state index is -0.828. The molecule has 1 unspecified atom stereocenters. The van der Waals surface area contributed by atoms with Crippen LogP contribution in [0.1, 0.15) is 30.1 Å². The molecular formula is C21H23N3O4S. The molecule has 2 aromatic carbocycles. The highest BCUT2D eigenvalue weighted by molar-refractivity contribution is 8.14. The van der Waals surface area contributed by atoms with Crippen LogP contribution in [-0.4, -0.2) is 41.9 Å². The van der Waals surface area contributed by atoms with E-state index in [1.165, 1.54) is 18.9 Å². The van der Waals surface area contributed by atoms with Crippen LogP contribution in [0.2, 0.25) is 0 Å². The van der Waals surface area contributed by atoms with Crippen LogP contribution in [0.15, 0.2) is 58.7 Å². The van der Waals surface area contributed by atoms with E-state index in [-0.39, 0.29) is 18.7 Å². The number of amidine groups is 1. The van der Waals surface area contributed by atoms with E-state index in [4.69, 9.17) is 9.47 Å². The van der Waals surface area contributed by atoms with E-state index < -0.39 is 6.10 Å².